The van der Waals surface area contributed by atoms with Crippen molar-refractivity contribution in [3.8, 4) is 0 Å². The second-order valence-electron chi connectivity index (χ2n) is 8.19. The number of carbonyl (C=O) groups excluding carboxylic acids is 1. The topological polar surface area (TPSA) is 53.4 Å². The largest absolute Gasteiger partial charge is 0.326 e. The summed E-state index contributed by atoms with van der Waals surface area (Å²) in [6.07, 6.45) is 2.65. The predicted molar refractivity (Wildman–Crippen MR) is 109 cm³/mol. The van der Waals surface area contributed by atoms with E-state index >= 15 is 0 Å². The van der Waals surface area contributed by atoms with E-state index in [9.17, 15) is 4.79 Å². The van der Waals surface area contributed by atoms with E-state index in [1.165, 1.54) is 24.9 Å². The Kier molecular flexibility index (Phi) is 5.19. The summed E-state index contributed by atoms with van der Waals surface area (Å²) in [5.74, 6) is 1.16. The average Bonchev–Trinajstić information content (AvgIpc) is 3.24. The molecule has 0 saturated carbocycles. The van der Waals surface area contributed by atoms with Crippen LogP contribution in [0.25, 0.3) is 11.0 Å². The molecule has 2 aliphatic rings. The van der Waals surface area contributed by atoms with E-state index < -0.39 is 0 Å². The lowest BCUT2D eigenvalue weighted by Crippen LogP contribution is -2.43. The van der Waals surface area contributed by atoms with Crippen molar-refractivity contribution in [3.05, 3.63) is 24.0 Å². The molecule has 1 N–H and O–H groups in total. The van der Waals surface area contributed by atoms with Crippen molar-refractivity contribution in [2.75, 3.05) is 31.5 Å². The number of nitrogens with zero attached hydrogens (tertiary/aromatic N) is 4. The van der Waals surface area contributed by atoms with Gasteiger partial charge in [0.05, 0.1) is 17.6 Å². The zero-order chi connectivity index (χ0) is 19.0. The normalized spacial score (nSPS) is 21.1. The standard InChI is InChI=1S/C21H31N5O/c1-4-25-9-5-6-17(25)13-24-10-11-26-19-8-7-16(22-21(27)15(2)3)12-18(19)23-20(26)14-24/h7-8,12,15,17H,4-6,9-11,13-14H2,1-3H3,(H,22,27)/t17-/m1/s1. The maximum absolute atomic E-state index is 12.0. The van der Waals surface area contributed by atoms with Crippen molar-refractivity contribution >= 4 is 22.6 Å². The minimum atomic E-state index is -0.0252. The van der Waals surface area contributed by atoms with Gasteiger partial charge >= 0.3 is 0 Å². The molecule has 146 valence electrons. The zero-order valence-corrected chi connectivity index (χ0v) is 16.7. The summed E-state index contributed by atoms with van der Waals surface area (Å²) < 4.78 is 2.34. The molecular formula is C21H31N5O. The van der Waals surface area contributed by atoms with E-state index in [1.807, 2.05) is 26.0 Å². The SMILES string of the molecule is CCN1CCC[C@@H]1CN1CCn2c(nc3cc(NC(=O)C(C)C)ccc32)C1. The number of carbonyl (C=O) groups is 1. The minimum Gasteiger partial charge on any atom is -0.326 e. The number of nitrogens with one attached hydrogen (secondary N) is 1. The first-order valence-corrected chi connectivity index (χ1v) is 10.3. The Morgan fingerprint density at radius 1 is 1.30 bits per heavy atom. The Bertz CT molecular complexity index is 827. The molecule has 1 amide bonds. The van der Waals surface area contributed by atoms with Crippen LogP contribution in [-0.4, -0.2) is 57.5 Å². The van der Waals surface area contributed by atoms with Crippen LogP contribution in [0.4, 0.5) is 5.69 Å². The highest BCUT2D eigenvalue weighted by atomic mass is 16.1. The van der Waals surface area contributed by atoms with Crippen molar-refractivity contribution in [2.45, 2.75) is 52.7 Å². The zero-order valence-electron chi connectivity index (χ0n) is 16.7. The van der Waals surface area contributed by atoms with Crippen LogP contribution in [-0.2, 0) is 17.9 Å². The number of benzene rings is 1. The summed E-state index contributed by atoms with van der Waals surface area (Å²) in [6.45, 7) is 12.6. The molecule has 4 rings (SSSR count). The number of rotatable bonds is 5. The van der Waals surface area contributed by atoms with Crippen LogP contribution in [0.5, 0.6) is 0 Å². The Hall–Kier alpha value is -1.92. The fraction of sp³-hybridized carbons (Fsp3) is 0.619. The highest BCUT2D eigenvalue weighted by Crippen LogP contribution is 2.25. The Balaban J connectivity index is 1.49. The molecule has 0 radical (unpaired) electrons. The molecule has 1 aromatic carbocycles. The van der Waals surface area contributed by atoms with Gasteiger partial charge < -0.3 is 9.88 Å². The van der Waals surface area contributed by atoms with Gasteiger partial charge in [0.1, 0.15) is 5.82 Å². The van der Waals surface area contributed by atoms with Gasteiger partial charge in [0.15, 0.2) is 0 Å². The first-order chi connectivity index (χ1) is 13.0. The van der Waals surface area contributed by atoms with E-state index in [2.05, 4.69) is 32.7 Å². The number of likely N-dealkylation sites (N-methyl/N-ethyl adjacent to an activating group) is 1. The van der Waals surface area contributed by atoms with Crippen LogP contribution in [0.2, 0.25) is 0 Å². The van der Waals surface area contributed by atoms with Gasteiger partial charge in [0.25, 0.3) is 0 Å². The predicted octanol–water partition coefficient (Wildman–Crippen LogP) is 2.93. The first kappa shape index (κ1) is 18.4. The number of hydrogen-bond donors (Lipinski definition) is 1. The number of fused-ring (bicyclic) bond motifs is 3. The molecule has 6 heteroatoms. The number of likely N-dealkylation sites (tertiary alicyclic amines) is 1. The Morgan fingerprint density at radius 3 is 2.93 bits per heavy atom. The van der Waals surface area contributed by atoms with Gasteiger partial charge in [-0.3, -0.25) is 14.6 Å². The highest BCUT2D eigenvalue weighted by Gasteiger charge is 2.27. The monoisotopic (exact) mass is 369 g/mol. The van der Waals surface area contributed by atoms with Crippen LogP contribution in [0.1, 0.15) is 39.4 Å². The molecule has 2 aromatic rings. The van der Waals surface area contributed by atoms with E-state index in [0.29, 0.717) is 6.04 Å². The summed E-state index contributed by atoms with van der Waals surface area (Å²) in [5, 5.41) is 2.98. The molecule has 0 unspecified atom stereocenters. The molecule has 3 heterocycles. The Morgan fingerprint density at radius 2 is 2.15 bits per heavy atom. The van der Waals surface area contributed by atoms with Crippen LogP contribution >= 0.6 is 0 Å². The van der Waals surface area contributed by atoms with Crippen LogP contribution in [0.3, 0.4) is 0 Å². The maximum atomic E-state index is 12.0. The molecule has 1 atom stereocenters. The van der Waals surface area contributed by atoms with Crippen LogP contribution < -0.4 is 5.32 Å². The van der Waals surface area contributed by atoms with E-state index in [4.69, 9.17) is 4.98 Å². The molecule has 1 saturated heterocycles. The highest BCUT2D eigenvalue weighted by molar-refractivity contribution is 5.94. The third-order valence-electron chi connectivity index (χ3n) is 6.00. The van der Waals surface area contributed by atoms with Gasteiger partial charge in [-0.25, -0.2) is 4.98 Å². The molecule has 2 aliphatic heterocycles. The third-order valence-corrected chi connectivity index (χ3v) is 6.00. The van der Waals surface area contributed by atoms with E-state index in [-0.39, 0.29) is 11.8 Å². The van der Waals surface area contributed by atoms with Crippen molar-refractivity contribution in [1.29, 1.82) is 0 Å². The summed E-state index contributed by atoms with van der Waals surface area (Å²) in [6, 6.07) is 6.78. The molecule has 27 heavy (non-hydrogen) atoms. The Labute approximate surface area is 161 Å². The van der Waals surface area contributed by atoms with Gasteiger partial charge in [0.2, 0.25) is 5.91 Å². The second kappa shape index (κ2) is 7.60. The van der Waals surface area contributed by atoms with Crippen molar-refractivity contribution in [3.63, 3.8) is 0 Å². The van der Waals surface area contributed by atoms with Gasteiger partial charge in [-0.05, 0) is 44.1 Å². The molecule has 0 bridgehead atoms. The fourth-order valence-electron chi connectivity index (χ4n) is 4.41. The van der Waals surface area contributed by atoms with Gasteiger partial charge in [0, 0.05) is 37.3 Å². The number of hydrogen-bond acceptors (Lipinski definition) is 4. The van der Waals surface area contributed by atoms with E-state index in [1.54, 1.807) is 0 Å². The number of imidazole rings is 1. The summed E-state index contributed by atoms with van der Waals surface area (Å²) >= 11 is 0. The molecule has 0 spiro atoms. The number of amides is 1. The second-order valence-corrected chi connectivity index (χ2v) is 8.19. The maximum Gasteiger partial charge on any atom is 0.226 e. The summed E-state index contributed by atoms with van der Waals surface area (Å²) in [7, 11) is 0. The van der Waals surface area contributed by atoms with Crippen LogP contribution in [0.15, 0.2) is 18.2 Å². The number of aromatic nitrogens is 2. The molecule has 6 nitrogen and oxygen atoms in total. The lowest BCUT2D eigenvalue weighted by molar-refractivity contribution is -0.118. The van der Waals surface area contributed by atoms with Crippen molar-refractivity contribution in [2.24, 2.45) is 5.92 Å². The third kappa shape index (κ3) is 3.73. The average molecular weight is 370 g/mol. The fourth-order valence-corrected chi connectivity index (χ4v) is 4.41. The smallest absolute Gasteiger partial charge is 0.226 e. The summed E-state index contributed by atoms with van der Waals surface area (Å²) in [5.41, 5.74) is 2.98. The van der Waals surface area contributed by atoms with Gasteiger partial charge in [-0.1, -0.05) is 20.8 Å². The lowest BCUT2D eigenvalue weighted by atomic mass is 10.2. The lowest BCUT2D eigenvalue weighted by Gasteiger charge is -2.33. The minimum absolute atomic E-state index is 0.0252. The van der Waals surface area contributed by atoms with E-state index in [0.717, 1.165) is 49.8 Å². The van der Waals surface area contributed by atoms with Gasteiger partial charge in [-0.2, -0.15) is 0 Å². The molecular weight excluding hydrogens is 338 g/mol. The quantitative estimate of drug-likeness (QED) is 0.880. The van der Waals surface area contributed by atoms with Crippen molar-refractivity contribution in [1.82, 2.24) is 19.4 Å². The molecule has 0 aliphatic carbocycles. The molecule has 1 aromatic heterocycles. The number of anilines is 1. The van der Waals surface area contributed by atoms with Gasteiger partial charge in [-0.15, -0.1) is 0 Å². The van der Waals surface area contributed by atoms with Crippen LogP contribution in [0, 0.1) is 5.92 Å². The van der Waals surface area contributed by atoms with Crippen molar-refractivity contribution < 1.29 is 4.79 Å². The molecule has 1 fully saturated rings. The first-order valence-electron chi connectivity index (χ1n) is 10.3. The summed E-state index contributed by atoms with van der Waals surface area (Å²) in [4.78, 5) is 22.0.